The zero-order chi connectivity index (χ0) is 21.1. The fourth-order valence-corrected chi connectivity index (χ4v) is 5.34. The lowest BCUT2D eigenvalue weighted by molar-refractivity contribution is -0.126. The first-order chi connectivity index (χ1) is 14.4. The first-order valence-electron chi connectivity index (χ1n) is 9.33. The number of nitrogens with zero attached hydrogens (tertiary/aromatic N) is 3. The average Bonchev–Trinajstić information content (AvgIpc) is 3.20. The van der Waals surface area contributed by atoms with E-state index in [2.05, 4.69) is 15.5 Å². The highest BCUT2D eigenvalue weighted by molar-refractivity contribution is 7.88. The van der Waals surface area contributed by atoms with E-state index in [1.807, 2.05) is 30.3 Å². The van der Waals surface area contributed by atoms with Gasteiger partial charge in [0.1, 0.15) is 6.04 Å². The molecule has 0 bridgehead atoms. The lowest BCUT2D eigenvalue weighted by Crippen LogP contribution is -2.58. The average molecular weight is 447 g/mol. The third-order valence-electron chi connectivity index (χ3n) is 4.80. The van der Waals surface area contributed by atoms with Gasteiger partial charge in [-0.05, 0) is 11.6 Å². The van der Waals surface area contributed by atoms with E-state index in [0.29, 0.717) is 16.4 Å². The molecule has 0 spiro atoms. The summed E-state index contributed by atoms with van der Waals surface area (Å²) in [4.78, 5) is 16.8. The Morgan fingerprint density at radius 3 is 2.63 bits per heavy atom. The number of hydrogen-bond acceptors (Lipinski definition) is 6. The number of carbonyl (C=O) groups excluding carboxylic acids is 1. The second kappa shape index (κ2) is 8.55. The molecule has 30 heavy (non-hydrogen) atoms. The predicted molar refractivity (Wildman–Crippen MR) is 111 cm³/mol. The standard InChI is InChI=1S/C20H19ClN4O4S/c21-16-9-5-4-8-15(16)13-30(27,28)25-11-10-22-20(26)17(25)12-18-23-19(24-29-18)14-6-2-1-3-7-14/h1-9,17H,10-13H2,(H,22,26). The van der Waals surface area contributed by atoms with E-state index < -0.39 is 22.0 Å². The van der Waals surface area contributed by atoms with Gasteiger partial charge in [0.2, 0.25) is 27.6 Å². The van der Waals surface area contributed by atoms with Gasteiger partial charge in [-0.25, -0.2) is 8.42 Å². The van der Waals surface area contributed by atoms with Crippen LogP contribution in [-0.2, 0) is 27.0 Å². The van der Waals surface area contributed by atoms with E-state index >= 15 is 0 Å². The van der Waals surface area contributed by atoms with Crippen LogP contribution in [0.4, 0.5) is 0 Å². The number of sulfonamides is 1. The summed E-state index contributed by atoms with van der Waals surface area (Å²) in [5.41, 5.74) is 1.25. The van der Waals surface area contributed by atoms with Gasteiger partial charge in [0.15, 0.2) is 0 Å². The Morgan fingerprint density at radius 1 is 1.13 bits per heavy atom. The molecule has 1 unspecified atom stereocenters. The van der Waals surface area contributed by atoms with Crippen LogP contribution >= 0.6 is 11.6 Å². The Hall–Kier alpha value is -2.75. The maximum absolute atomic E-state index is 13.1. The van der Waals surface area contributed by atoms with Gasteiger partial charge in [0.25, 0.3) is 0 Å². The van der Waals surface area contributed by atoms with Crippen LogP contribution in [0.1, 0.15) is 11.5 Å². The normalized spacial score (nSPS) is 17.6. The van der Waals surface area contributed by atoms with E-state index in [1.165, 1.54) is 4.31 Å². The quantitative estimate of drug-likeness (QED) is 0.622. The number of rotatable bonds is 6. The molecule has 4 rings (SSSR count). The molecule has 1 aliphatic rings. The molecule has 1 N–H and O–H groups in total. The number of halogens is 1. The smallest absolute Gasteiger partial charge is 0.239 e. The topological polar surface area (TPSA) is 105 Å². The lowest BCUT2D eigenvalue weighted by Gasteiger charge is -2.33. The number of benzene rings is 2. The highest BCUT2D eigenvalue weighted by atomic mass is 35.5. The minimum atomic E-state index is -3.81. The van der Waals surface area contributed by atoms with Crippen molar-refractivity contribution >= 4 is 27.5 Å². The predicted octanol–water partition coefficient (Wildman–Crippen LogP) is 2.26. The maximum Gasteiger partial charge on any atom is 0.239 e. The molecular formula is C20H19ClN4O4S. The van der Waals surface area contributed by atoms with E-state index in [-0.39, 0.29) is 31.2 Å². The molecule has 1 saturated heterocycles. The Kier molecular flexibility index (Phi) is 5.85. The van der Waals surface area contributed by atoms with Crippen LogP contribution in [-0.4, -0.2) is 47.9 Å². The summed E-state index contributed by atoms with van der Waals surface area (Å²) in [5.74, 6) is -0.125. The summed E-state index contributed by atoms with van der Waals surface area (Å²) in [6.45, 7) is 0.388. The Balaban J connectivity index is 1.57. The second-order valence-corrected chi connectivity index (χ2v) is 9.18. The third-order valence-corrected chi connectivity index (χ3v) is 7.00. The number of hydrogen-bond donors (Lipinski definition) is 1. The largest absolute Gasteiger partial charge is 0.353 e. The highest BCUT2D eigenvalue weighted by Crippen LogP contribution is 2.23. The number of amides is 1. The van der Waals surface area contributed by atoms with Crippen molar-refractivity contribution in [1.82, 2.24) is 19.8 Å². The van der Waals surface area contributed by atoms with Gasteiger partial charge >= 0.3 is 0 Å². The summed E-state index contributed by atoms with van der Waals surface area (Å²) in [5, 5.41) is 7.01. The number of nitrogens with one attached hydrogen (secondary N) is 1. The summed E-state index contributed by atoms with van der Waals surface area (Å²) < 4.78 is 32.7. The van der Waals surface area contributed by atoms with Crippen molar-refractivity contribution in [1.29, 1.82) is 0 Å². The highest BCUT2D eigenvalue weighted by Gasteiger charge is 2.39. The van der Waals surface area contributed by atoms with Crippen molar-refractivity contribution in [3.63, 3.8) is 0 Å². The van der Waals surface area contributed by atoms with Gasteiger partial charge in [-0.15, -0.1) is 0 Å². The van der Waals surface area contributed by atoms with Gasteiger partial charge in [-0.3, -0.25) is 4.79 Å². The minimum Gasteiger partial charge on any atom is -0.353 e. The van der Waals surface area contributed by atoms with Crippen LogP contribution < -0.4 is 5.32 Å². The van der Waals surface area contributed by atoms with Gasteiger partial charge in [-0.1, -0.05) is 65.3 Å². The first kappa shape index (κ1) is 20.5. The van der Waals surface area contributed by atoms with Crippen molar-refractivity contribution in [3.8, 4) is 11.4 Å². The van der Waals surface area contributed by atoms with Crippen LogP contribution in [0.3, 0.4) is 0 Å². The van der Waals surface area contributed by atoms with Crippen LogP contribution in [0, 0.1) is 0 Å². The van der Waals surface area contributed by atoms with Crippen molar-refractivity contribution in [2.75, 3.05) is 13.1 Å². The van der Waals surface area contributed by atoms with Crippen molar-refractivity contribution in [2.45, 2.75) is 18.2 Å². The van der Waals surface area contributed by atoms with Crippen LogP contribution in [0.2, 0.25) is 5.02 Å². The zero-order valence-electron chi connectivity index (χ0n) is 15.9. The number of piperazine rings is 1. The molecule has 1 aliphatic heterocycles. The molecule has 3 aromatic rings. The molecule has 1 amide bonds. The fourth-order valence-electron chi connectivity index (χ4n) is 3.32. The fraction of sp³-hybridized carbons (Fsp3) is 0.250. The molecule has 2 aromatic carbocycles. The van der Waals surface area contributed by atoms with E-state index in [9.17, 15) is 13.2 Å². The molecule has 1 fully saturated rings. The maximum atomic E-state index is 13.1. The molecule has 0 saturated carbocycles. The number of aromatic nitrogens is 2. The summed E-state index contributed by atoms with van der Waals surface area (Å²) in [6, 6.07) is 15.0. The van der Waals surface area contributed by atoms with Crippen molar-refractivity contribution < 1.29 is 17.7 Å². The van der Waals surface area contributed by atoms with Gasteiger partial charge in [0.05, 0.1) is 12.2 Å². The zero-order valence-corrected chi connectivity index (χ0v) is 17.4. The Bertz CT molecular complexity index is 1150. The molecule has 10 heteroatoms. The number of carbonyl (C=O) groups is 1. The minimum absolute atomic E-state index is 0.0204. The van der Waals surface area contributed by atoms with Crippen LogP contribution in [0.5, 0.6) is 0 Å². The summed E-state index contributed by atoms with van der Waals surface area (Å²) in [7, 11) is -3.81. The van der Waals surface area contributed by atoms with Gasteiger partial charge in [-0.2, -0.15) is 9.29 Å². The van der Waals surface area contributed by atoms with Crippen molar-refractivity contribution in [3.05, 3.63) is 71.1 Å². The van der Waals surface area contributed by atoms with E-state index in [4.69, 9.17) is 16.1 Å². The Morgan fingerprint density at radius 2 is 1.87 bits per heavy atom. The molecular weight excluding hydrogens is 428 g/mol. The summed E-state index contributed by atoms with van der Waals surface area (Å²) in [6.07, 6.45) is -0.0204. The van der Waals surface area contributed by atoms with E-state index in [0.717, 1.165) is 5.56 Å². The van der Waals surface area contributed by atoms with Gasteiger partial charge in [0, 0.05) is 23.7 Å². The van der Waals surface area contributed by atoms with Crippen molar-refractivity contribution in [2.24, 2.45) is 0 Å². The third kappa shape index (κ3) is 4.38. The molecule has 0 radical (unpaired) electrons. The van der Waals surface area contributed by atoms with E-state index in [1.54, 1.807) is 24.3 Å². The summed E-state index contributed by atoms with van der Waals surface area (Å²) >= 11 is 6.13. The molecule has 2 heterocycles. The first-order valence-corrected chi connectivity index (χ1v) is 11.3. The molecule has 0 aliphatic carbocycles. The lowest BCUT2D eigenvalue weighted by atomic mass is 10.1. The molecule has 156 valence electrons. The SMILES string of the molecule is O=C1NCCN(S(=O)(=O)Cc2ccccc2Cl)C1Cc1nc(-c2ccccc2)no1. The molecule has 8 nitrogen and oxygen atoms in total. The molecule has 1 atom stereocenters. The van der Waals surface area contributed by atoms with Crippen LogP contribution in [0.25, 0.3) is 11.4 Å². The Labute approximate surface area is 178 Å². The molecule has 1 aromatic heterocycles. The monoisotopic (exact) mass is 446 g/mol. The van der Waals surface area contributed by atoms with Gasteiger partial charge < -0.3 is 9.84 Å². The second-order valence-electron chi connectivity index (χ2n) is 6.85. The van der Waals surface area contributed by atoms with Crippen LogP contribution in [0.15, 0.2) is 59.1 Å².